The van der Waals surface area contributed by atoms with Crippen LogP contribution < -0.4 is 0 Å². The van der Waals surface area contributed by atoms with Crippen LogP contribution in [0.25, 0.3) is 6.08 Å². The summed E-state index contributed by atoms with van der Waals surface area (Å²) in [5, 5.41) is 0. The highest BCUT2D eigenvalue weighted by atomic mass is 32.2. The van der Waals surface area contributed by atoms with E-state index >= 15 is 0 Å². The van der Waals surface area contributed by atoms with Crippen molar-refractivity contribution in [2.45, 2.75) is 53.2 Å². The third-order valence-corrected chi connectivity index (χ3v) is 8.39. The van der Waals surface area contributed by atoms with Crippen LogP contribution in [0.3, 0.4) is 0 Å². The van der Waals surface area contributed by atoms with Crippen LogP contribution in [-0.4, -0.2) is 36.1 Å². The van der Waals surface area contributed by atoms with Gasteiger partial charge in [-0.1, -0.05) is 58.9 Å². The predicted octanol–water partition coefficient (Wildman–Crippen LogP) is 5.67. The summed E-state index contributed by atoms with van der Waals surface area (Å²) < 4.78 is 0. The Kier molecular flexibility index (Phi) is 6.22. The van der Waals surface area contributed by atoms with Gasteiger partial charge in [-0.15, -0.1) is 0 Å². The largest absolute Gasteiger partial charge is 0.303 e. The summed E-state index contributed by atoms with van der Waals surface area (Å²) in [7, 11) is 0. The number of ketones is 1. The predicted molar refractivity (Wildman–Crippen MR) is 118 cm³/mol. The Bertz CT molecular complexity index is 702. The Morgan fingerprint density at radius 2 is 1.81 bits per heavy atom. The van der Waals surface area contributed by atoms with Crippen molar-refractivity contribution in [2.75, 3.05) is 25.4 Å². The van der Waals surface area contributed by atoms with Crippen LogP contribution in [0.15, 0.2) is 29.8 Å². The average molecular weight is 386 g/mol. The molecule has 0 radical (unpaired) electrons. The summed E-state index contributed by atoms with van der Waals surface area (Å²) in [4.78, 5) is 15.4. The summed E-state index contributed by atoms with van der Waals surface area (Å²) in [5.74, 6) is 3.05. The minimum atomic E-state index is -0.162. The molecule has 3 rings (SSSR count). The number of Topliss-reactive ketones (excluding diaryl/α,β-unsaturated/α-hetero) is 1. The zero-order valence-electron chi connectivity index (χ0n) is 17.7. The number of fused-ring (bicyclic) bond motifs is 2. The van der Waals surface area contributed by atoms with Gasteiger partial charge in [-0.2, -0.15) is 11.8 Å². The van der Waals surface area contributed by atoms with Crippen molar-refractivity contribution in [1.82, 2.24) is 4.90 Å². The van der Waals surface area contributed by atoms with E-state index in [1.54, 1.807) is 0 Å². The van der Waals surface area contributed by atoms with Crippen molar-refractivity contribution in [3.05, 3.63) is 41.0 Å². The Balaban J connectivity index is 1.60. The van der Waals surface area contributed by atoms with Gasteiger partial charge in [0.15, 0.2) is 5.78 Å². The molecule has 2 aliphatic carbocycles. The molecular weight excluding hydrogens is 350 g/mol. The fourth-order valence-corrected chi connectivity index (χ4v) is 5.87. The van der Waals surface area contributed by atoms with E-state index in [4.69, 9.17) is 0 Å². The van der Waals surface area contributed by atoms with E-state index in [0.29, 0.717) is 11.7 Å². The standard InChI is InChI=1S/C24H35NOS/c1-6-25(7-2)14-15-27-17-19-10-8-18(9-11-19)16-20-21-12-13-24(5,22(20)26)23(21,3)4/h8-11,16,21H,6-7,12-15,17H2,1-5H3. The molecule has 2 unspecified atom stereocenters. The van der Waals surface area contributed by atoms with Gasteiger partial charge in [-0.3, -0.25) is 4.79 Å². The molecule has 3 heteroatoms. The second-order valence-corrected chi connectivity index (χ2v) is 10.0. The zero-order valence-corrected chi connectivity index (χ0v) is 18.5. The van der Waals surface area contributed by atoms with Crippen LogP contribution in [0.4, 0.5) is 0 Å². The number of hydrogen-bond acceptors (Lipinski definition) is 3. The van der Waals surface area contributed by atoms with E-state index in [1.165, 1.54) is 23.4 Å². The molecule has 0 aliphatic heterocycles. The molecule has 0 N–H and O–H groups in total. The van der Waals surface area contributed by atoms with Crippen LogP contribution in [-0.2, 0) is 10.5 Å². The molecule has 0 heterocycles. The van der Waals surface area contributed by atoms with Crippen molar-refractivity contribution in [1.29, 1.82) is 0 Å². The van der Waals surface area contributed by atoms with Crippen molar-refractivity contribution in [2.24, 2.45) is 16.7 Å². The number of carbonyl (C=O) groups excluding carboxylic acids is 1. The minimum absolute atomic E-state index is 0.0946. The van der Waals surface area contributed by atoms with Gasteiger partial charge in [-0.05, 0) is 60.0 Å². The molecule has 0 spiro atoms. The SMILES string of the molecule is CCN(CC)CCSCc1ccc(C=C2C(=O)C3(C)CCC2C3(C)C)cc1. The highest BCUT2D eigenvalue weighted by molar-refractivity contribution is 7.98. The summed E-state index contributed by atoms with van der Waals surface area (Å²) in [6.45, 7) is 14.6. The Labute approximate surface area is 169 Å². The summed E-state index contributed by atoms with van der Waals surface area (Å²) in [6, 6.07) is 8.81. The van der Waals surface area contributed by atoms with E-state index in [2.05, 4.69) is 69.9 Å². The maximum Gasteiger partial charge on any atom is 0.165 e. The number of allylic oxidation sites excluding steroid dienone is 1. The Morgan fingerprint density at radius 1 is 1.15 bits per heavy atom. The van der Waals surface area contributed by atoms with Crippen molar-refractivity contribution >= 4 is 23.6 Å². The lowest BCUT2D eigenvalue weighted by atomic mass is 9.70. The summed E-state index contributed by atoms with van der Waals surface area (Å²) in [5.41, 5.74) is 3.54. The lowest BCUT2D eigenvalue weighted by molar-refractivity contribution is -0.125. The van der Waals surface area contributed by atoms with Crippen LogP contribution in [0, 0.1) is 16.7 Å². The second-order valence-electron chi connectivity index (χ2n) is 8.89. The highest BCUT2D eigenvalue weighted by Gasteiger charge is 2.63. The molecule has 2 bridgehead atoms. The topological polar surface area (TPSA) is 20.3 Å². The van der Waals surface area contributed by atoms with E-state index in [1.807, 2.05) is 11.8 Å². The van der Waals surface area contributed by atoms with E-state index in [0.717, 1.165) is 37.3 Å². The number of nitrogens with zero attached hydrogens (tertiary/aromatic N) is 1. The highest BCUT2D eigenvalue weighted by Crippen LogP contribution is 2.65. The Hall–Kier alpha value is -1.06. The van der Waals surface area contributed by atoms with Gasteiger partial charge in [0.1, 0.15) is 0 Å². The molecule has 1 aromatic carbocycles. The number of benzene rings is 1. The molecule has 0 amide bonds. The van der Waals surface area contributed by atoms with E-state index in [-0.39, 0.29) is 10.8 Å². The first kappa shape index (κ1) is 20.7. The van der Waals surface area contributed by atoms with Crippen molar-refractivity contribution in [3.8, 4) is 0 Å². The van der Waals surface area contributed by atoms with Crippen LogP contribution in [0.5, 0.6) is 0 Å². The molecule has 0 saturated heterocycles. The van der Waals surface area contributed by atoms with Gasteiger partial charge in [0.2, 0.25) is 0 Å². The van der Waals surface area contributed by atoms with Crippen LogP contribution >= 0.6 is 11.8 Å². The third kappa shape index (κ3) is 3.78. The summed E-state index contributed by atoms with van der Waals surface area (Å²) in [6.07, 6.45) is 4.36. The van der Waals surface area contributed by atoms with Crippen LogP contribution in [0.1, 0.15) is 58.6 Å². The van der Waals surface area contributed by atoms with Crippen molar-refractivity contribution in [3.63, 3.8) is 0 Å². The smallest absolute Gasteiger partial charge is 0.165 e. The molecule has 1 aromatic rings. The molecule has 0 aromatic heterocycles. The molecule has 2 atom stereocenters. The first-order valence-corrected chi connectivity index (χ1v) is 11.6. The lowest BCUT2D eigenvalue weighted by Gasteiger charge is -2.31. The average Bonchev–Trinajstić information content (AvgIpc) is 2.97. The monoisotopic (exact) mass is 385 g/mol. The molecule has 2 fully saturated rings. The van der Waals surface area contributed by atoms with Gasteiger partial charge in [0.25, 0.3) is 0 Å². The molecule has 27 heavy (non-hydrogen) atoms. The summed E-state index contributed by atoms with van der Waals surface area (Å²) >= 11 is 2.00. The maximum atomic E-state index is 13.0. The molecule has 2 nitrogen and oxygen atoms in total. The van der Waals surface area contributed by atoms with Gasteiger partial charge in [-0.25, -0.2) is 0 Å². The number of thioether (sulfide) groups is 1. The third-order valence-electron chi connectivity index (χ3n) is 7.38. The molecule has 2 aliphatic rings. The molecule has 2 saturated carbocycles. The number of carbonyl (C=O) groups is 1. The van der Waals surface area contributed by atoms with Crippen molar-refractivity contribution < 1.29 is 4.79 Å². The molecule has 148 valence electrons. The normalized spacial score (nSPS) is 27.9. The first-order chi connectivity index (χ1) is 12.8. The lowest BCUT2D eigenvalue weighted by Crippen LogP contribution is -2.32. The van der Waals surface area contributed by atoms with E-state index in [9.17, 15) is 4.79 Å². The second kappa shape index (κ2) is 8.13. The number of rotatable bonds is 8. The van der Waals surface area contributed by atoms with Gasteiger partial charge >= 0.3 is 0 Å². The Morgan fingerprint density at radius 3 is 2.37 bits per heavy atom. The molecular formula is C24H35NOS. The first-order valence-electron chi connectivity index (χ1n) is 10.5. The fourth-order valence-electron chi connectivity index (χ4n) is 4.91. The van der Waals surface area contributed by atoms with Gasteiger partial charge < -0.3 is 4.90 Å². The van der Waals surface area contributed by atoms with Gasteiger partial charge in [0.05, 0.1) is 0 Å². The zero-order chi connectivity index (χ0) is 19.7. The van der Waals surface area contributed by atoms with Gasteiger partial charge in [0, 0.05) is 23.5 Å². The van der Waals surface area contributed by atoms with Crippen LogP contribution in [0.2, 0.25) is 0 Å². The quantitative estimate of drug-likeness (QED) is 0.425. The maximum absolute atomic E-state index is 13.0. The van der Waals surface area contributed by atoms with E-state index < -0.39 is 0 Å². The fraction of sp³-hybridized carbons (Fsp3) is 0.625. The number of hydrogen-bond donors (Lipinski definition) is 0. The minimum Gasteiger partial charge on any atom is -0.303 e.